The van der Waals surface area contributed by atoms with Crippen LogP contribution < -0.4 is 11.2 Å². The highest BCUT2D eigenvalue weighted by atomic mass is 32.1. The molecule has 10 heteroatoms. The van der Waals surface area contributed by atoms with Gasteiger partial charge in [0.2, 0.25) is 11.7 Å². The van der Waals surface area contributed by atoms with E-state index in [0.717, 1.165) is 60.7 Å². The molecule has 0 bridgehead atoms. The molecule has 0 saturated carbocycles. The van der Waals surface area contributed by atoms with E-state index in [2.05, 4.69) is 19.9 Å². The van der Waals surface area contributed by atoms with E-state index in [1.807, 2.05) is 17.5 Å². The minimum atomic E-state index is -0.278. The van der Waals surface area contributed by atoms with E-state index in [1.165, 1.54) is 7.05 Å². The van der Waals surface area contributed by atoms with Crippen molar-refractivity contribution in [3.05, 3.63) is 56.0 Å². The molecule has 0 radical (unpaired) electrons. The van der Waals surface area contributed by atoms with Crippen LogP contribution in [-0.2, 0) is 27.1 Å². The Labute approximate surface area is 178 Å². The first-order valence-electron chi connectivity index (χ1n) is 10.1. The molecule has 0 spiro atoms. The summed E-state index contributed by atoms with van der Waals surface area (Å²) in [5.41, 5.74) is 0.226. The molecular formula is C20H26N6O3S. The van der Waals surface area contributed by atoms with Crippen LogP contribution in [0.2, 0.25) is 0 Å². The van der Waals surface area contributed by atoms with Crippen LogP contribution in [0.15, 0.2) is 37.7 Å². The maximum Gasteiger partial charge on any atom is 0.330 e. The number of aromatic nitrogens is 4. The van der Waals surface area contributed by atoms with Gasteiger partial charge in [0, 0.05) is 65.0 Å². The summed E-state index contributed by atoms with van der Waals surface area (Å²) in [5, 5.41) is 6.06. The second-order valence-corrected chi connectivity index (χ2v) is 8.53. The summed E-state index contributed by atoms with van der Waals surface area (Å²) in [6.07, 6.45) is 1.74. The summed E-state index contributed by atoms with van der Waals surface area (Å²) >= 11 is 1.60. The maximum atomic E-state index is 12.1. The molecular weight excluding hydrogens is 404 g/mol. The normalized spacial score (nSPS) is 15.7. The van der Waals surface area contributed by atoms with Crippen molar-refractivity contribution in [1.29, 1.82) is 0 Å². The minimum absolute atomic E-state index is 0.255. The number of rotatable bonds is 7. The first kappa shape index (κ1) is 20.7. The molecule has 3 aromatic rings. The van der Waals surface area contributed by atoms with Crippen LogP contribution in [0.1, 0.15) is 18.0 Å². The maximum absolute atomic E-state index is 12.1. The SMILES string of the molecule is Cn1c(CN2CCN(CCCc3nc(-c4cccs4)no3)CC2)cc(=O)n(C)c1=O. The smallest absolute Gasteiger partial charge is 0.330 e. The standard InChI is InChI=1S/C20H26N6O3S/c1-23-15(13-18(27)24(2)20(23)28)14-26-10-8-25(9-11-26)7-3-6-17-21-19(22-29-17)16-5-4-12-30-16/h4-5,12-13H,3,6-11,14H2,1-2H3. The third-order valence-corrected chi connectivity index (χ3v) is 6.42. The van der Waals surface area contributed by atoms with E-state index in [0.29, 0.717) is 18.3 Å². The lowest BCUT2D eigenvalue weighted by atomic mass is 10.2. The van der Waals surface area contributed by atoms with Gasteiger partial charge in [-0.15, -0.1) is 11.3 Å². The monoisotopic (exact) mass is 430 g/mol. The molecule has 1 fully saturated rings. The van der Waals surface area contributed by atoms with Crippen LogP contribution in [0.4, 0.5) is 0 Å². The number of hydrogen-bond donors (Lipinski definition) is 0. The Bertz CT molecular complexity index is 1090. The average molecular weight is 431 g/mol. The quantitative estimate of drug-likeness (QED) is 0.551. The number of hydrogen-bond acceptors (Lipinski definition) is 8. The van der Waals surface area contributed by atoms with Gasteiger partial charge in [0.25, 0.3) is 5.56 Å². The Morgan fingerprint density at radius 1 is 1.10 bits per heavy atom. The fraction of sp³-hybridized carbons (Fsp3) is 0.500. The van der Waals surface area contributed by atoms with E-state index in [1.54, 1.807) is 29.0 Å². The number of aryl methyl sites for hydroxylation is 1. The molecule has 0 atom stereocenters. The van der Waals surface area contributed by atoms with Gasteiger partial charge in [-0.2, -0.15) is 4.98 Å². The molecule has 0 aromatic carbocycles. The lowest BCUT2D eigenvalue weighted by molar-refractivity contribution is 0.123. The minimum Gasteiger partial charge on any atom is -0.339 e. The summed E-state index contributed by atoms with van der Waals surface area (Å²) in [6, 6.07) is 5.53. The largest absolute Gasteiger partial charge is 0.339 e. The predicted molar refractivity (Wildman–Crippen MR) is 115 cm³/mol. The van der Waals surface area contributed by atoms with Gasteiger partial charge in [-0.3, -0.25) is 18.8 Å². The van der Waals surface area contributed by atoms with Crippen LogP contribution in [0.3, 0.4) is 0 Å². The number of thiophene rings is 1. The second kappa shape index (κ2) is 9.07. The summed E-state index contributed by atoms with van der Waals surface area (Å²) < 4.78 is 8.06. The van der Waals surface area contributed by atoms with E-state index >= 15 is 0 Å². The summed E-state index contributed by atoms with van der Waals surface area (Å²) in [6.45, 7) is 5.34. The van der Waals surface area contributed by atoms with Crippen molar-refractivity contribution in [3.63, 3.8) is 0 Å². The Morgan fingerprint density at radius 2 is 1.87 bits per heavy atom. The van der Waals surface area contributed by atoms with Crippen molar-refractivity contribution < 1.29 is 4.52 Å². The molecule has 1 aliphatic rings. The number of piperazine rings is 1. The topological polar surface area (TPSA) is 89.4 Å². The first-order valence-corrected chi connectivity index (χ1v) is 11.0. The van der Waals surface area contributed by atoms with Gasteiger partial charge in [0.15, 0.2) is 0 Å². The lowest BCUT2D eigenvalue weighted by Gasteiger charge is -2.34. The molecule has 1 aliphatic heterocycles. The highest BCUT2D eigenvalue weighted by molar-refractivity contribution is 7.13. The average Bonchev–Trinajstić information content (AvgIpc) is 3.43. The lowest BCUT2D eigenvalue weighted by Crippen LogP contribution is -2.47. The summed E-state index contributed by atoms with van der Waals surface area (Å²) in [7, 11) is 3.22. The van der Waals surface area contributed by atoms with Crippen LogP contribution in [0.25, 0.3) is 10.7 Å². The fourth-order valence-electron chi connectivity index (χ4n) is 3.65. The molecule has 1 saturated heterocycles. The van der Waals surface area contributed by atoms with E-state index in [4.69, 9.17) is 4.52 Å². The van der Waals surface area contributed by atoms with Gasteiger partial charge in [-0.05, 0) is 24.4 Å². The van der Waals surface area contributed by atoms with Crippen molar-refractivity contribution in [2.75, 3.05) is 32.7 Å². The van der Waals surface area contributed by atoms with Crippen LogP contribution in [0.5, 0.6) is 0 Å². The van der Waals surface area contributed by atoms with Crippen LogP contribution in [-0.4, -0.2) is 61.8 Å². The Morgan fingerprint density at radius 3 is 2.60 bits per heavy atom. The van der Waals surface area contributed by atoms with Gasteiger partial charge in [0.1, 0.15) is 0 Å². The summed E-state index contributed by atoms with van der Waals surface area (Å²) in [5.74, 6) is 1.35. The zero-order valence-corrected chi connectivity index (χ0v) is 18.1. The van der Waals surface area contributed by atoms with Gasteiger partial charge in [-0.25, -0.2) is 4.79 Å². The number of nitrogens with zero attached hydrogens (tertiary/aromatic N) is 6. The molecule has 30 heavy (non-hydrogen) atoms. The predicted octanol–water partition coefficient (Wildman–Crippen LogP) is 0.946. The van der Waals surface area contributed by atoms with Crippen molar-refractivity contribution in [2.45, 2.75) is 19.4 Å². The van der Waals surface area contributed by atoms with Gasteiger partial charge >= 0.3 is 5.69 Å². The van der Waals surface area contributed by atoms with Gasteiger partial charge < -0.3 is 9.42 Å². The highest BCUT2D eigenvalue weighted by Gasteiger charge is 2.19. The summed E-state index contributed by atoms with van der Waals surface area (Å²) in [4.78, 5) is 34.2. The van der Waals surface area contributed by atoms with Gasteiger partial charge in [-0.1, -0.05) is 11.2 Å². The highest BCUT2D eigenvalue weighted by Crippen LogP contribution is 2.21. The van der Waals surface area contributed by atoms with Gasteiger partial charge in [0.05, 0.1) is 4.88 Å². The molecule has 0 unspecified atom stereocenters. The molecule has 0 N–H and O–H groups in total. The van der Waals surface area contributed by atoms with Crippen molar-refractivity contribution in [1.82, 2.24) is 29.1 Å². The van der Waals surface area contributed by atoms with E-state index in [9.17, 15) is 9.59 Å². The molecule has 4 rings (SSSR count). The van der Waals surface area contributed by atoms with Crippen molar-refractivity contribution >= 4 is 11.3 Å². The third-order valence-electron chi connectivity index (χ3n) is 5.55. The van der Waals surface area contributed by atoms with E-state index < -0.39 is 0 Å². The first-order chi connectivity index (χ1) is 14.5. The molecule has 4 heterocycles. The Balaban J connectivity index is 1.23. The molecule has 0 aliphatic carbocycles. The Hall–Kier alpha value is -2.56. The molecule has 9 nitrogen and oxygen atoms in total. The second-order valence-electron chi connectivity index (χ2n) is 7.58. The van der Waals surface area contributed by atoms with Crippen LogP contribution in [0, 0.1) is 0 Å². The van der Waals surface area contributed by atoms with E-state index in [-0.39, 0.29) is 11.2 Å². The third kappa shape index (κ3) is 4.61. The molecule has 3 aromatic heterocycles. The molecule has 160 valence electrons. The zero-order chi connectivity index (χ0) is 21.1. The Kier molecular flexibility index (Phi) is 6.26. The molecule has 0 amide bonds. The van der Waals surface area contributed by atoms with Crippen molar-refractivity contribution in [3.8, 4) is 10.7 Å². The van der Waals surface area contributed by atoms with Crippen LogP contribution >= 0.6 is 11.3 Å². The van der Waals surface area contributed by atoms with Crippen molar-refractivity contribution in [2.24, 2.45) is 14.1 Å². The fourth-order valence-corrected chi connectivity index (χ4v) is 4.30. The zero-order valence-electron chi connectivity index (χ0n) is 17.3.